The van der Waals surface area contributed by atoms with Gasteiger partial charge < -0.3 is 5.73 Å². The molecule has 2 nitrogen and oxygen atoms in total. The van der Waals surface area contributed by atoms with E-state index in [-0.39, 0.29) is 0 Å². The molecular formula is C14H24N2S. The second kappa shape index (κ2) is 5.07. The first-order valence-corrected chi connectivity index (χ1v) is 7.52. The largest absolute Gasteiger partial charge is 0.330 e. The Hall–Kier alpha value is -0.410. The van der Waals surface area contributed by atoms with Crippen molar-refractivity contribution in [1.29, 1.82) is 0 Å². The Bertz CT molecular complexity index is 376. The van der Waals surface area contributed by atoms with Gasteiger partial charge in [0.1, 0.15) is 0 Å². The van der Waals surface area contributed by atoms with Crippen LogP contribution in [-0.2, 0) is 12.8 Å². The predicted octanol–water partition coefficient (Wildman–Crippen LogP) is 3.50. The number of nitrogens with two attached hydrogens (primary N) is 1. The second-order valence-electron chi connectivity index (χ2n) is 6.12. The molecule has 0 fully saturated rings. The molecule has 0 saturated carbocycles. The van der Waals surface area contributed by atoms with Gasteiger partial charge in [0.15, 0.2) is 0 Å². The monoisotopic (exact) mass is 252 g/mol. The zero-order valence-electron chi connectivity index (χ0n) is 11.3. The highest BCUT2D eigenvalue weighted by atomic mass is 32.1. The number of thiazole rings is 1. The van der Waals surface area contributed by atoms with Crippen LogP contribution < -0.4 is 5.73 Å². The van der Waals surface area contributed by atoms with E-state index < -0.39 is 0 Å². The van der Waals surface area contributed by atoms with Crippen molar-refractivity contribution in [2.24, 2.45) is 11.1 Å². The van der Waals surface area contributed by atoms with Crippen LogP contribution in [0, 0.1) is 5.41 Å². The van der Waals surface area contributed by atoms with Gasteiger partial charge >= 0.3 is 0 Å². The Kier molecular flexibility index (Phi) is 3.88. The van der Waals surface area contributed by atoms with E-state index in [1.54, 1.807) is 4.88 Å². The van der Waals surface area contributed by atoms with Crippen LogP contribution in [0.25, 0.3) is 0 Å². The molecule has 96 valence electrons. The summed E-state index contributed by atoms with van der Waals surface area (Å²) >= 11 is 1.93. The van der Waals surface area contributed by atoms with E-state index in [0.717, 1.165) is 19.4 Å². The molecule has 0 spiro atoms. The van der Waals surface area contributed by atoms with Gasteiger partial charge in [-0.25, -0.2) is 4.98 Å². The molecule has 0 amide bonds. The van der Waals surface area contributed by atoms with Crippen LogP contribution in [0.15, 0.2) is 0 Å². The molecule has 17 heavy (non-hydrogen) atoms. The summed E-state index contributed by atoms with van der Waals surface area (Å²) in [6, 6.07) is 0. The van der Waals surface area contributed by atoms with Gasteiger partial charge in [-0.05, 0) is 37.6 Å². The quantitative estimate of drug-likeness (QED) is 0.894. The molecule has 2 rings (SSSR count). The summed E-state index contributed by atoms with van der Waals surface area (Å²) in [5.41, 5.74) is 7.32. The summed E-state index contributed by atoms with van der Waals surface area (Å²) in [5.74, 6) is 0.647. The minimum atomic E-state index is 0.342. The third kappa shape index (κ3) is 2.89. The van der Waals surface area contributed by atoms with Crippen LogP contribution >= 0.6 is 11.3 Å². The lowest BCUT2D eigenvalue weighted by Gasteiger charge is -2.32. The fraction of sp³-hybridized carbons (Fsp3) is 0.786. The summed E-state index contributed by atoms with van der Waals surface area (Å²) in [6.45, 7) is 7.79. The van der Waals surface area contributed by atoms with E-state index in [1.165, 1.54) is 30.0 Å². The number of fused-ring (bicyclic) bond motifs is 1. The Morgan fingerprint density at radius 2 is 2.18 bits per heavy atom. The van der Waals surface area contributed by atoms with Crippen molar-refractivity contribution in [2.45, 2.75) is 58.8 Å². The summed E-state index contributed by atoms with van der Waals surface area (Å²) in [4.78, 5) is 6.44. The maximum absolute atomic E-state index is 5.57. The Labute approximate surface area is 109 Å². The predicted molar refractivity (Wildman–Crippen MR) is 74.6 cm³/mol. The molecule has 1 heterocycles. The second-order valence-corrected chi connectivity index (χ2v) is 7.29. The topological polar surface area (TPSA) is 38.9 Å². The first-order chi connectivity index (χ1) is 8.02. The molecule has 1 aliphatic carbocycles. The minimum Gasteiger partial charge on any atom is -0.330 e. The van der Waals surface area contributed by atoms with Crippen LogP contribution in [0.4, 0.5) is 0 Å². The van der Waals surface area contributed by atoms with E-state index in [9.17, 15) is 0 Å². The lowest BCUT2D eigenvalue weighted by Crippen LogP contribution is -2.22. The first kappa shape index (κ1) is 13.0. The molecule has 0 radical (unpaired) electrons. The van der Waals surface area contributed by atoms with Crippen LogP contribution in [0.1, 0.15) is 61.5 Å². The fourth-order valence-corrected chi connectivity index (χ4v) is 3.89. The zero-order chi connectivity index (χ0) is 12.5. The number of aryl methyl sites for hydroxylation is 2. The highest BCUT2D eigenvalue weighted by Crippen LogP contribution is 2.44. The van der Waals surface area contributed by atoms with Crippen molar-refractivity contribution in [3.8, 4) is 0 Å². The van der Waals surface area contributed by atoms with Gasteiger partial charge in [-0.1, -0.05) is 20.8 Å². The average molecular weight is 252 g/mol. The average Bonchev–Trinajstić information content (AvgIpc) is 2.66. The molecule has 0 bridgehead atoms. The molecular weight excluding hydrogens is 228 g/mol. The van der Waals surface area contributed by atoms with Gasteiger partial charge in [0, 0.05) is 17.2 Å². The summed E-state index contributed by atoms with van der Waals surface area (Å²) in [5, 5.41) is 1.30. The Morgan fingerprint density at radius 3 is 2.82 bits per heavy atom. The molecule has 1 aromatic heterocycles. The van der Waals surface area contributed by atoms with E-state index >= 15 is 0 Å². The first-order valence-electron chi connectivity index (χ1n) is 6.71. The fourth-order valence-electron chi connectivity index (χ4n) is 2.67. The van der Waals surface area contributed by atoms with E-state index in [0.29, 0.717) is 11.3 Å². The van der Waals surface area contributed by atoms with Gasteiger partial charge in [0.05, 0.1) is 10.7 Å². The third-order valence-corrected chi connectivity index (χ3v) is 4.83. The maximum atomic E-state index is 5.57. The summed E-state index contributed by atoms with van der Waals surface area (Å²) in [6.07, 6.45) is 5.99. The van der Waals surface area contributed by atoms with Crippen molar-refractivity contribution in [2.75, 3.05) is 6.54 Å². The van der Waals surface area contributed by atoms with E-state index in [1.807, 2.05) is 11.3 Å². The number of rotatable bonds is 3. The Balaban J connectivity index is 2.22. The molecule has 1 unspecified atom stereocenters. The van der Waals surface area contributed by atoms with Crippen LogP contribution in [0.3, 0.4) is 0 Å². The molecule has 1 aromatic rings. The number of hydrogen-bond acceptors (Lipinski definition) is 3. The van der Waals surface area contributed by atoms with Crippen molar-refractivity contribution in [3.05, 3.63) is 15.6 Å². The molecule has 0 saturated heterocycles. The zero-order valence-corrected chi connectivity index (χ0v) is 12.1. The minimum absolute atomic E-state index is 0.342. The number of hydrogen-bond donors (Lipinski definition) is 1. The molecule has 2 N–H and O–H groups in total. The normalized spacial score (nSPS) is 20.4. The SMILES string of the molecule is CC(C)(C)C1CCCc2sc(CCCN)nc21. The summed E-state index contributed by atoms with van der Waals surface area (Å²) < 4.78 is 0. The third-order valence-electron chi connectivity index (χ3n) is 3.64. The summed E-state index contributed by atoms with van der Waals surface area (Å²) in [7, 11) is 0. The number of aromatic nitrogens is 1. The van der Waals surface area contributed by atoms with E-state index in [2.05, 4.69) is 20.8 Å². The maximum Gasteiger partial charge on any atom is 0.0931 e. The molecule has 0 aromatic carbocycles. The van der Waals surface area contributed by atoms with Gasteiger partial charge in [-0.3, -0.25) is 0 Å². The Morgan fingerprint density at radius 1 is 1.41 bits per heavy atom. The van der Waals surface area contributed by atoms with Crippen molar-refractivity contribution >= 4 is 11.3 Å². The van der Waals surface area contributed by atoms with Gasteiger partial charge in [0.2, 0.25) is 0 Å². The van der Waals surface area contributed by atoms with Crippen molar-refractivity contribution in [1.82, 2.24) is 4.98 Å². The number of nitrogens with zero attached hydrogens (tertiary/aromatic N) is 1. The van der Waals surface area contributed by atoms with Crippen LogP contribution in [-0.4, -0.2) is 11.5 Å². The van der Waals surface area contributed by atoms with Crippen molar-refractivity contribution in [3.63, 3.8) is 0 Å². The van der Waals surface area contributed by atoms with Crippen molar-refractivity contribution < 1.29 is 0 Å². The highest BCUT2D eigenvalue weighted by molar-refractivity contribution is 7.11. The lowest BCUT2D eigenvalue weighted by atomic mass is 9.73. The van der Waals surface area contributed by atoms with Gasteiger partial charge in [0.25, 0.3) is 0 Å². The van der Waals surface area contributed by atoms with Gasteiger partial charge in [-0.2, -0.15) is 0 Å². The smallest absolute Gasteiger partial charge is 0.0931 e. The van der Waals surface area contributed by atoms with Crippen LogP contribution in [0.5, 0.6) is 0 Å². The molecule has 1 atom stereocenters. The molecule has 0 aliphatic heterocycles. The van der Waals surface area contributed by atoms with Gasteiger partial charge in [-0.15, -0.1) is 11.3 Å². The molecule has 3 heteroatoms. The van der Waals surface area contributed by atoms with E-state index in [4.69, 9.17) is 10.7 Å². The standard InChI is InChI=1S/C14H24N2S/c1-14(2,3)10-6-4-7-11-13(10)16-12(17-11)8-5-9-15/h10H,4-9,15H2,1-3H3. The lowest BCUT2D eigenvalue weighted by molar-refractivity contribution is 0.285. The van der Waals surface area contributed by atoms with Crippen LogP contribution in [0.2, 0.25) is 0 Å². The highest BCUT2D eigenvalue weighted by Gasteiger charge is 2.33. The molecule has 1 aliphatic rings.